The van der Waals surface area contributed by atoms with Crippen molar-refractivity contribution in [3.05, 3.63) is 77.6 Å². The minimum Gasteiger partial charge on any atom is -0.339 e. The molecule has 0 spiro atoms. The van der Waals surface area contributed by atoms with Crippen molar-refractivity contribution >= 4 is 29.3 Å². The van der Waals surface area contributed by atoms with Crippen LogP contribution < -0.4 is 0 Å². The second kappa shape index (κ2) is 11.0. The third-order valence-electron chi connectivity index (χ3n) is 5.49. The van der Waals surface area contributed by atoms with Gasteiger partial charge in [0.2, 0.25) is 5.91 Å². The molecule has 3 aromatic rings. The Morgan fingerprint density at radius 2 is 1.91 bits per heavy atom. The first-order chi connectivity index (χ1) is 16.0. The molecule has 4 rings (SSSR count). The molecular weight excluding hydrogens is 461 g/mol. The summed E-state index contributed by atoms with van der Waals surface area (Å²) >= 11 is 7.39. The Balaban J connectivity index is 1.34. The molecule has 6 nitrogen and oxygen atoms in total. The smallest absolute Gasteiger partial charge is 0.233 e. The largest absolute Gasteiger partial charge is 0.339 e. The molecule has 1 amide bonds. The average molecular weight is 486 g/mol. The molecule has 0 aliphatic carbocycles. The number of rotatable bonds is 8. The van der Waals surface area contributed by atoms with Crippen LogP contribution in [0, 0.1) is 5.82 Å². The molecule has 1 saturated heterocycles. The van der Waals surface area contributed by atoms with Crippen molar-refractivity contribution in [2.24, 2.45) is 0 Å². The zero-order chi connectivity index (χ0) is 23.2. The van der Waals surface area contributed by atoms with E-state index in [1.54, 1.807) is 28.8 Å². The highest BCUT2D eigenvalue weighted by Gasteiger charge is 2.23. The van der Waals surface area contributed by atoms with Crippen molar-refractivity contribution in [3.63, 3.8) is 0 Å². The Bertz CT molecular complexity index is 1130. The van der Waals surface area contributed by atoms with Crippen LogP contribution in [0.3, 0.4) is 0 Å². The van der Waals surface area contributed by atoms with E-state index in [1.807, 2.05) is 23.1 Å². The van der Waals surface area contributed by atoms with E-state index in [1.165, 1.54) is 23.4 Å². The molecule has 2 heterocycles. The molecule has 1 aliphatic rings. The summed E-state index contributed by atoms with van der Waals surface area (Å²) in [5.41, 5.74) is 1.55. The SMILES string of the molecule is C=CCn1c(SCC(=O)N2CCN(Cc3cccc(Cl)c3)CC2)nnc1-c1ccccc1F. The molecule has 0 saturated carbocycles. The van der Waals surface area contributed by atoms with Crippen LogP contribution in [0.1, 0.15) is 5.56 Å². The number of benzene rings is 2. The Morgan fingerprint density at radius 3 is 2.64 bits per heavy atom. The molecule has 172 valence electrons. The summed E-state index contributed by atoms with van der Waals surface area (Å²) < 4.78 is 16.0. The Morgan fingerprint density at radius 1 is 1.12 bits per heavy atom. The first kappa shape index (κ1) is 23.5. The van der Waals surface area contributed by atoms with Gasteiger partial charge in [-0.05, 0) is 29.8 Å². The van der Waals surface area contributed by atoms with Crippen molar-refractivity contribution in [1.29, 1.82) is 0 Å². The number of thioether (sulfide) groups is 1. The fourth-order valence-electron chi connectivity index (χ4n) is 3.80. The number of carbonyl (C=O) groups excluding carboxylic acids is 1. The van der Waals surface area contributed by atoms with Gasteiger partial charge in [-0.15, -0.1) is 16.8 Å². The molecule has 9 heteroatoms. The maximum absolute atomic E-state index is 14.3. The van der Waals surface area contributed by atoms with Crippen LogP contribution in [0.5, 0.6) is 0 Å². The minimum absolute atomic E-state index is 0.0583. The van der Waals surface area contributed by atoms with Crippen LogP contribution in [0.25, 0.3) is 11.4 Å². The topological polar surface area (TPSA) is 54.3 Å². The lowest BCUT2D eigenvalue weighted by Crippen LogP contribution is -2.48. The summed E-state index contributed by atoms with van der Waals surface area (Å²) in [6.45, 7) is 8.01. The Kier molecular flexibility index (Phi) is 7.80. The lowest BCUT2D eigenvalue weighted by molar-refractivity contribution is -0.130. The van der Waals surface area contributed by atoms with E-state index in [2.05, 4.69) is 27.7 Å². The first-order valence-corrected chi connectivity index (χ1v) is 12.1. The molecule has 2 aromatic carbocycles. The summed E-state index contributed by atoms with van der Waals surface area (Å²) in [6, 6.07) is 14.3. The van der Waals surface area contributed by atoms with E-state index in [0.717, 1.165) is 24.7 Å². The molecular formula is C24H25ClFN5OS. The zero-order valence-electron chi connectivity index (χ0n) is 18.2. The first-order valence-electron chi connectivity index (χ1n) is 10.7. The Labute approximate surface area is 202 Å². The number of aromatic nitrogens is 3. The predicted molar refractivity (Wildman–Crippen MR) is 130 cm³/mol. The van der Waals surface area contributed by atoms with Crippen molar-refractivity contribution in [2.75, 3.05) is 31.9 Å². The minimum atomic E-state index is -0.363. The van der Waals surface area contributed by atoms with Crippen molar-refractivity contribution in [2.45, 2.75) is 18.2 Å². The second-order valence-electron chi connectivity index (χ2n) is 7.76. The quantitative estimate of drug-likeness (QED) is 0.350. The van der Waals surface area contributed by atoms with Crippen molar-refractivity contribution in [1.82, 2.24) is 24.6 Å². The molecule has 33 heavy (non-hydrogen) atoms. The fourth-order valence-corrected chi connectivity index (χ4v) is 4.86. The molecule has 1 aliphatic heterocycles. The van der Waals surface area contributed by atoms with Gasteiger partial charge in [0, 0.05) is 44.3 Å². The highest BCUT2D eigenvalue weighted by atomic mass is 35.5. The van der Waals surface area contributed by atoms with Crippen molar-refractivity contribution < 1.29 is 9.18 Å². The number of carbonyl (C=O) groups is 1. The molecule has 0 atom stereocenters. The van der Waals surface area contributed by atoms with Crippen molar-refractivity contribution in [3.8, 4) is 11.4 Å². The van der Waals surface area contributed by atoms with Crippen LogP contribution in [0.4, 0.5) is 4.39 Å². The van der Waals surface area contributed by atoms with Crippen LogP contribution in [-0.4, -0.2) is 62.4 Å². The van der Waals surface area contributed by atoms with Gasteiger partial charge in [0.25, 0.3) is 0 Å². The van der Waals surface area contributed by atoms with Gasteiger partial charge < -0.3 is 4.90 Å². The van der Waals surface area contributed by atoms with Crippen LogP contribution >= 0.6 is 23.4 Å². The highest BCUT2D eigenvalue weighted by molar-refractivity contribution is 7.99. The number of halogens is 2. The van der Waals surface area contributed by atoms with E-state index in [0.29, 0.717) is 36.2 Å². The van der Waals surface area contributed by atoms with Crippen LogP contribution in [0.15, 0.2) is 66.3 Å². The summed E-state index contributed by atoms with van der Waals surface area (Å²) in [7, 11) is 0. The zero-order valence-corrected chi connectivity index (χ0v) is 19.7. The standard InChI is InChI=1S/C24H25ClFN5OS/c1-2-10-31-23(20-8-3-4-9-21(20)26)27-28-24(31)33-17-22(32)30-13-11-29(12-14-30)16-18-6-5-7-19(25)15-18/h2-9,15H,1,10-14,16-17H2. The van der Waals surface area contributed by atoms with Gasteiger partial charge in [-0.3, -0.25) is 14.3 Å². The predicted octanol–water partition coefficient (Wildman–Crippen LogP) is 4.36. The number of hydrogen-bond donors (Lipinski definition) is 0. The number of allylic oxidation sites excluding steroid dienone is 1. The summed E-state index contributed by atoms with van der Waals surface area (Å²) in [4.78, 5) is 17.0. The van der Waals surface area contributed by atoms with Crippen LogP contribution in [-0.2, 0) is 17.9 Å². The maximum Gasteiger partial charge on any atom is 0.233 e. The molecule has 0 bridgehead atoms. The van der Waals surface area contributed by atoms with Gasteiger partial charge in [-0.2, -0.15) is 0 Å². The van der Waals surface area contributed by atoms with E-state index in [9.17, 15) is 9.18 Å². The monoisotopic (exact) mass is 485 g/mol. The summed E-state index contributed by atoms with van der Waals surface area (Å²) in [5, 5.41) is 9.69. The van der Waals surface area contributed by atoms with E-state index in [4.69, 9.17) is 11.6 Å². The lowest BCUT2D eigenvalue weighted by atomic mass is 10.2. The molecule has 0 unspecified atom stereocenters. The van der Waals surface area contributed by atoms with E-state index >= 15 is 0 Å². The van der Waals surface area contributed by atoms with E-state index in [-0.39, 0.29) is 17.5 Å². The van der Waals surface area contributed by atoms with Gasteiger partial charge in [0.1, 0.15) is 5.82 Å². The van der Waals surface area contributed by atoms with E-state index < -0.39 is 0 Å². The summed E-state index contributed by atoms with van der Waals surface area (Å²) in [6.07, 6.45) is 1.71. The van der Waals surface area contributed by atoms with Crippen LogP contribution in [0.2, 0.25) is 5.02 Å². The van der Waals surface area contributed by atoms with Gasteiger partial charge in [0.15, 0.2) is 11.0 Å². The summed E-state index contributed by atoms with van der Waals surface area (Å²) in [5.74, 6) is 0.375. The Hall–Kier alpha value is -2.68. The third kappa shape index (κ3) is 5.82. The number of piperazine rings is 1. The number of amides is 1. The maximum atomic E-state index is 14.3. The molecule has 1 fully saturated rings. The van der Waals surface area contributed by atoms with Gasteiger partial charge in [0.05, 0.1) is 11.3 Å². The number of hydrogen-bond acceptors (Lipinski definition) is 5. The average Bonchev–Trinajstić information content (AvgIpc) is 3.21. The van der Waals surface area contributed by atoms with Gasteiger partial charge >= 0.3 is 0 Å². The molecule has 0 radical (unpaired) electrons. The van der Waals surface area contributed by atoms with Gasteiger partial charge in [-0.1, -0.05) is 53.7 Å². The normalized spacial score (nSPS) is 14.4. The third-order valence-corrected chi connectivity index (χ3v) is 6.67. The second-order valence-corrected chi connectivity index (χ2v) is 9.14. The fraction of sp³-hybridized carbons (Fsp3) is 0.292. The lowest BCUT2D eigenvalue weighted by Gasteiger charge is -2.34. The molecule has 0 N–H and O–H groups in total. The van der Waals surface area contributed by atoms with Gasteiger partial charge in [-0.25, -0.2) is 4.39 Å². The molecule has 1 aromatic heterocycles. The number of nitrogens with zero attached hydrogens (tertiary/aromatic N) is 5. The highest BCUT2D eigenvalue weighted by Crippen LogP contribution is 2.26.